The van der Waals surface area contributed by atoms with E-state index in [-0.39, 0.29) is 5.82 Å². The van der Waals surface area contributed by atoms with Crippen LogP contribution >= 0.6 is 0 Å². The minimum Gasteiger partial charge on any atom is -0.437 e. The number of hydrogen-bond donors (Lipinski definition) is 0. The van der Waals surface area contributed by atoms with Crippen LogP contribution in [0.1, 0.15) is 16.8 Å². The predicted molar refractivity (Wildman–Crippen MR) is 114 cm³/mol. The number of halogens is 1. The second-order valence-corrected chi connectivity index (χ2v) is 7.39. The fourth-order valence-electron chi connectivity index (χ4n) is 3.85. The Morgan fingerprint density at radius 3 is 2.48 bits per heavy atom. The molecule has 0 amide bonds. The summed E-state index contributed by atoms with van der Waals surface area (Å²) in [6.45, 7) is 5.78. The van der Waals surface area contributed by atoms with Gasteiger partial charge in [0.1, 0.15) is 11.4 Å². The van der Waals surface area contributed by atoms with Crippen molar-refractivity contribution in [3.63, 3.8) is 0 Å². The molecule has 0 aliphatic carbocycles. The topological polar surface area (TPSA) is 38.9 Å². The number of aromatic nitrogens is 2. The van der Waals surface area contributed by atoms with E-state index in [1.165, 1.54) is 6.07 Å². The number of fused-ring (bicyclic) bond motifs is 3. The highest BCUT2D eigenvalue weighted by Crippen LogP contribution is 2.37. The standard InChI is InChI=1S/C25H19FN2O/c1-14-7-10-19-20-11-8-15(2)28-25(20)29-24(19)23(14)22-12-9-17(13-27-22)18-5-4-6-21(26)16(18)3/h4-13H,1-3H3. The van der Waals surface area contributed by atoms with E-state index in [9.17, 15) is 4.39 Å². The third-order valence-electron chi connectivity index (χ3n) is 5.45. The Kier molecular flexibility index (Phi) is 3.95. The highest BCUT2D eigenvalue weighted by molar-refractivity contribution is 6.09. The summed E-state index contributed by atoms with van der Waals surface area (Å²) in [5.41, 5.74) is 7.57. The summed E-state index contributed by atoms with van der Waals surface area (Å²) in [4.78, 5) is 9.22. The van der Waals surface area contributed by atoms with Gasteiger partial charge in [0.05, 0.1) is 5.69 Å². The SMILES string of the molecule is Cc1ccc2c(n1)oc1c(-c3ccc(-c4cccc(F)c4C)cn3)c(C)ccc12. The van der Waals surface area contributed by atoms with Crippen molar-refractivity contribution in [2.24, 2.45) is 0 Å². The van der Waals surface area contributed by atoms with Crippen LogP contribution in [0.2, 0.25) is 0 Å². The zero-order valence-corrected chi connectivity index (χ0v) is 16.5. The van der Waals surface area contributed by atoms with Gasteiger partial charge in [0.15, 0.2) is 0 Å². The van der Waals surface area contributed by atoms with E-state index in [2.05, 4.69) is 17.1 Å². The number of pyridine rings is 2. The van der Waals surface area contributed by atoms with E-state index in [0.717, 1.165) is 50.0 Å². The molecule has 0 bridgehead atoms. The summed E-state index contributed by atoms with van der Waals surface area (Å²) >= 11 is 0. The number of aryl methyl sites for hydroxylation is 2. The van der Waals surface area contributed by atoms with E-state index in [4.69, 9.17) is 9.40 Å². The van der Waals surface area contributed by atoms with Crippen LogP contribution in [0.15, 0.2) is 65.2 Å². The molecule has 0 aliphatic rings. The van der Waals surface area contributed by atoms with Gasteiger partial charge in [-0.05, 0) is 61.7 Å². The molecular weight excluding hydrogens is 363 g/mol. The highest BCUT2D eigenvalue weighted by Gasteiger charge is 2.16. The van der Waals surface area contributed by atoms with Crippen molar-refractivity contribution < 1.29 is 8.81 Å². The van der Waals surface area contributed by atoms with Gasteiger partial charge in [0.25, 0.3) is 0 Å². The number of furan rings is 1. The van der Waals surface area contributed by atoms with Gasteiger partial charge in [0, 0.05) is 33.8 Å². The van der Waals surface area contributed by atoms with Crippen molar-refractivity contribution in [1.82, 2.24) is 9.97 Å². The molecule has 3 nitrogen and oxygen atoms in total. The van der Waals surface area contributed by atoms with Crippen LogP contribution in [0.5, 0.6) is 0 Å². The smallest absolute Gasteiger partial charge is 0.227 e. The van der Waals surface area contributed by atoms with Crippen LogP contribution < -0.4 is 0 Å². The van der Waals surface area contributed by atoms with Crippen LogP contribution in [-0.2, 0) is 0 Å². The first-order chi connectivity index (χ1) is 14.0. The molecule has 0 N–H and O–H groups in total. The summed E-state index contributed by atoms with van der Waals surface area (Å²) < 4.78 is 20.1. The number of rotatable bonds is 2. The Morgan fingerprint density at radius 1 is 0.862 bits per heavy atom. The minimum atomic E-state index is -0.211. The quantitative estimate of drug-likeness (QED) is 0.338. The largest absolute Gasteiger partial charge is 0.437 e. The second-order valence-electron chi connectivity index (χ2n) is 7.39. The van der Waals surface area contributed by atoms with E-state index >= 15 is 0 Å². The average molecular weight is 382 g/mol. The summed E-state index contributed by atoms with van der Waals surface area (Å²) in [6, 6.07) is 17.2. The molecule has 0 radical (unpaired) electrons. The second kappa shape index (κ2) is 6.52. The third-order valence-corrected chi connectivity index (χ3v) is 5.45. The fraction of sp³-hybridized carbons (Fsp3) is 0.120. The average Bonchev–Trinajstić information content (AvgIpc) is 3.07. The molecule has 0 saturated carbocycles. The van der Waals surface area contributed by atoms with Gasteiger partial charge in [-0.25, -0.2) is 9.37 Å². The van der Waals surface area contributed by atoms with Gasteiger partial charge in [-0.3, -0.25) is 4.98 Å². The van der Waals surface area contributed by atoms with E-state index in [1.54, 1.807) is 19.2 Å². The molecule has 5 aromatic rings. The molecule has 3 aromatic heterocycles. The Bertz CT molecular complexity index is 1380. The van der Waals surface area contributed by atoms with E-state index in [1.807, 2.05) is 44.2 Å². The maximum absolute atomic E-state index is 13.9. The molecule has 5 rings (SSSR count). The third kappa shape index (κ3) is 2.80. The molecule has 0 fully saturated rings. The molecule has 0 atom stereocenters. The molecule has 2 aromatic carbocycles. The van der Waals surface area contributed by atoms with Crippen molar-refractivity contribution in [2.75, 3.05) is 0 Å². The van der Waals surface area contributed by atoms with Crippen LogP contribution in [-0.4, -0.2) is 9.97 Å². The van der Waals surface area contributed by atoms with Gasteiger partial charge in [-0.1, -0.05) is 30.3 Å². The lowest BCUT2D eigenvalue weighted by Gasteiger charge is -2.09. The zero-order valence-electron chi connectivity index (χ0n) is 16.5. The lowest BCUT2D eigenvalue weighted by Crippen LogP contribution is -1.91. The molecule has 0 aliphatic heterocycles. The first-order valence-electron chi connectivity index (χ1n) is 9.54. The molecule has 142 valence electrons. The van der Waals surface area contributed by atoms with E-state index < -0.39 is 0 Å². The summed E-state index contributed by atoms with van der Waals surface area (Å²) in [5.74, 6) is -0.211. The van der Waals surface area contributed by atoms with Gasteiger partial charge < -0.3 is 4.42 Å². The van der Waals surface area contributed by atoms with Crippen molar-refractivity contribution in [2.45, 2.75) is 20.8 Å². The van der Waals surface area contributed by atoms with Gasteiger partial charge in [-0.15, -0.1) is 0 Å². The van der Waals surface area contributed by atoms with Crippen LogP contribution in [0.25, 0.3) is 44.5 Å². The van der Waals surface area contributed by atoms with Crippen LogP contribution in [0.4, 0.5) is 4.39 Å². The minimum absolute atomic E-state index is 0.211. The number of hydrogen-bond acceptors (Lipinski definition) is 3. The molecule has 29 heavy (non-hydrogen) atoms. The lowest BCUT2D eigenvalue weighted by molar-refractivity contribution is 0.619. The van der Waals surface area contributed by atoms with Crippen LogP contribution in [0, 0.1) is 26.6 Å². The Labute approximate surface area is 167 Å². The van der Waals surface area contributed by atoms with Crippen molar-refractivity contribution in [1.29, 1.82) is 0 Å². The molecule has 0 spiro atoms. The monoisotopic (exact) mass is 382 g/mol. The van der Waals surface area contributed by atoms with Crippen LogP contribution in [0.3, 0.4) is 0 Å². The number of benzene rings is 2. The normalized spacial score (nSPS) is 11.4. The number of nitrogens with zero attached hydrogens (tertiary/aromatic N) is 2. The molecule has 4 heteroatoms. The first-order valence-corrected chi connectivity index (χ1v) is 9.54. The maximum Gasteiger partial charge on any atom is 0.227 e. The fourth-order valence-corrected chi connectivity index (χ4v) is 3.85. The molecular formula is C25H19FN2O. The van der Waals surface area contributed by atoms with E-state index in [0.29, 0.717) is 11.3 Å². The van der Waals surface area contributed by atoms with Gasteiger partial charge >= 0.3 is 0 Å². The Morgan fingerprint density at radius 2 is 1.69 bits per heavy atom. The Balaban J connectivity index is 1.68. The first kappa shape index (κ1) is 17.6. The van der Waals surface area contributed by atoms with Gasteiger partial charge in [-0.2, -0.15) is 0 Å². The Hall–Kier alpha value is -3.53. The summed E-state index contributed by atoms with van der Waals surface area (Å²) in [7, 11) is 0. The highest BCUT2D eigenvalue weighted by atomic mass is 19.1. The maximum atomic E-state index is 13.9. The zero-order chi connectivity index (χ0) is 20.1. The van der Waals surface area contributed by atoms with Crippen molar-refractivity contribution >= 4 is 22.1 Å². The van der Waals surface area contributed by atoms with Crippen molar-refractivity contribution in [3.8, 4) is 22.4 Å². The van der Waals surface area contributed by atoms with Gasteiger partial charge in [0.2, 0.25) is 5.71 Å². The molecule has 0 unspecified atom stereocenters. The molecule has 3 heterocycles. The lowest BCUT2D eigenvalue weighted by atomic mass is 9.98. The predicted octanol–water partition coefficient (Wildman–Crippen LogP) is 6.77. The molecule has 0 saturated heterocycles. The summed E-state index contributed by atoms with van der Waals surface area (Å²) in [5, 5.41) is 2.03. The van der Waals surface area contributed by atoms with Crippen molar-refractivity contribution in [3.05, 3.63) is 83.4 Å². The summed E-state index contributed by atoms with van der Waals surface area (Å²) in [6.07, 6.45) is 1.79.